The summed E-state index contributed by atoms with van der Waals surface area (Å²) >= 11 is 3.47. The molecule has 1 saturated carbocycles. The number of carbonyl (C=O) groups excluding carboxylic acids is 1. The van der Waals surface area contributed by atoms with Crippen molar-refractivity contribution in [2.75, 3.05) is 11.9 Å². The molecule has 1 aromatic heterocycles. The standard InChI is InChI=1S/C13H17BrN2O/c1-10-11(3-2-8-15-10)12(17)16-9-13(4-5-13)6-7-14/h2-3,8H,4-7,9H2,1H3,(H,16,17). The van der Waals surface area contributed by atoms with Crippen LogP contribution in [0.5, 0.6) is 0 Å². The number of nitrogens with zero attached hydrogens (tertiary/aromatic N) is 1. The largest absolute Gasteiger partial charge is 0.351 e. The summed E-state index contributed by atoms with van der Waals surface area (Å²) in [5.41, 5.74) is 1.83. The summed E-state index contributed by atoms with van der Waals surface area (Å²) in [6, 6.07) is 3.62. The maximum Gasteiger partial charge on any atom is 0.253 e. The molecule has 17 heavy (non-hydrogen) atoms. The molecular weight excluding hydrogens is 280 g/mol. The number of carbonyl (C=O) groups is 1. The molecule has 0 saturated heterocycles. The van der Waals surface area contributed by atoms with Gasteiger partial charge in [0, 0.05) is 23.8 Å². The third-order valence-electron chi connectivity index (χ3n) is 3.46. The first-order chi connectivity index (χ1) is 8.17. The molecule has 4 heteroatoms. The van der Waals surface area contributed by atoms with Crippen LogP contribution in [0, 0.1) is 12.3 Å². The summed E-state index contributed by atoms with van der Waals surface area (Å²) in [7, 11) is 0. The van der Waals surface area contributed by atoms with E-state index in [1.807, 2.05) is 13.0 Å². The van der Waals surface area contributed by atoms with Gasteiger partial charge in [-0.25, -0.2) is 0 Å². The van der Waals surface area contributed by atoms with E-state index >= 15 is 0 Å². The monoisotopic (exact) mass is 296 g/mol. The molecule has 0 aliphatic heterocycles. The van der Waals surface area contributed by atoms with Gasteiger partial charge in [-0.1, -0.05) is 15.9 Å². The van der Waals surface area contributed by atoms with E-state index in [1.165, 1.54) is 12.8 Å². The molecule has 3 nitrogen and oxygen atoms in total. The van der Waals surface area contributed by atoms with Crippen molar-refractivity contribution in [3.63, 3.8) is 0 Å². The van der Waals surface area contributed by atoms with E-state index in [-0.39, 0.29) is 5.91 Å². The Morgan fingerprint density at radius 2 is 2.35 bits per heavy atom. The Hall–Kier alpha value is -0.900. The van der Waals surface area contributed by atoms with Crippen LogP contribution >= 0.6 is 15.9 Å². The molecule has 0 aromatic carbocycles. The number of rotatable bonds is 5. The molecule has 1 aromatic rings. The molecule has 1 heterocycles. The van der Waals surface area contributed by atoms with Crippen LogP contribution in [-0.4, -0.2) is 22.8 Å². The SMILES string of the molecule is Cc1ncccc1C(=O)NCC1(CCBr)CC1. The highest BCUT2D eigenvalue weighted by Crippen LogP contribution is 2.48. The lowest BCUT2D eigenvalue weighted by Crippen LogP contribution is -2.31. The van der Waals surface area contributed by atoms with Gasteiger partial charge in [0.2, 0.25) is 0 Å². The molecule has 0 radical (unpaired) electrons. The zero-order valence-electron chi connectivity index (χ0n) is 10.0. The van der Waals surface area contributed by atoms with Gasteiger partial charge in [0.05, 0.1) is 5.56 Å². The Morgan fingerprint density at radius 1 is 1.59 bits per heavy atom. The van der Waals surface area contributed by atoms with Crippen molar-refractivity contribution in [1.29, 1.82) is 0 Å². The molecular formula is C13H17BrN2O. The summed E-state index contributed by atoms with van der Waals surface area (Å²) in [6.45, 7) is 2.64. The highest BCUT2D eigenvalue weighted by atomic mass is 79.9. The first kappa shape index (κ1) is 12.6. The number of nitrogens with one attached hydrogen (secondary N) is 1. The number of aromatic nitrogens is 1. The molecule has 0 bridgehead atoms. The van der Waals surface area contributed by atoms with Gasteiger partial charge in [-0.3, -0.25) is 9.78 Å². The molecule has 0 unspecified atom stereocenters. The maximum atomic E-state index is 12.0. The number of alkyl halides is 1. The van der Waals surface area contributed by atoms with Crippen LogP contribution in [0.2, 0.25) is 0 Å². The number of pyridine rings is 1. The fraction of sp³-hybridized carbons (Fsp3) is 0.538. The minimum absolute atomic E-state index is 0.00329. The van der Waals surface area contributed by atoms with E-state index in [0.717, 1.165) is 24.0 Å². The average Bonchev–Trinajstić information content (AvgIpc) is 3.08. The lowest BCUT2D eigenvalue weighted by molar-refractivity contribution is 0.0943. The average molecular weight is 297 g/mol. The highest BCUT2D eigenvalue weighted by molar-refractivity contribution is 9.09. The second kappa shape index (κ2) is 5.17. The van der Waals surface area contributed by atoms with Gasteiger partial charge in [-0.05, 0) is 43.7 Å². The highest BCUT2D eigenvalue weighted by Gasteiger charge is 2.41. The first-order valence-corrected chi connectivity index (χ1v) is 7.05. The summed E-state index contributed by atoms with van der Waals surface area (Å²) in [4.78, 5) is 16.1. The minimum atomic E-state index is -0.00329. The number of amides is 1. The predicted octanol–water partition coefficient (Wildman–Crippen LogP) is 2.69. The van der Waals surface area contributed by atoms with Crippen LogP contribution < -0.4 is 5.32 Å². The van der Waals surface area contributed by atoms with Crippen molar-refractivity contribution in [3.05, 3.63) is 29.6 Å². The molecule has 2 rings (SSSR count). The van der Waals surface area contributed by atoms with Gasteiger partial charge >= 0.3 is 0 Å². The van der Waals surface area contributed by atoms with Crippen LogP contribution in [0.25, 0.3) is 0 Å². The van der Waals surface area contributed by atoms with Crippen molar-refractivity contribution in [2.24, 2.45) is 5.41 Å². The van der Waals surface area contributed by atoms with Gasteiger partial charge in [0.25, 0.3) is 5.91 Å². The van der Waals surface area contributed by atoms with Gasteiger partial charge in [-0.2, -0.15) is 0 Å². The van der Waals surface area contributed by atoms with E-state index in [0.29, 0.717) is 11.0 Å². The lowest BCUT2D eigenvalue weighted by Gasteiger charge is -2.14. The van der Waals surface area contributed by atoms with E-state index in [1.54, 1.807) is 12.3 Å². The fourth-order valence-corrected chi connectivity index (χ4v) is 2.82. The van der Waals surface area contributed by atoms with Crippen molar-refractivity contribution in [2.45, 2.75) is 26.2 Å². The second-order valence-corrected chi connectivity index (χ2v) is 5.55. The van der Waals surface area contributed by atoms with Crippen LogP contribution in [0.15, 0.2) is 18.3 Å². The second-order valence-electron chi connectivity index (χ2n) is 4.76. The van der Waals surface area contributed by atoms with Gasteiger partial charge in [0.15, 0.2) is 0 Å². The fourth-order valence-electron chi connectivity index (χ4n) is 1.98. The smallest absolute Gasteiger partial charge is 0.253 e. The third kappa shape index (κ3) is 3.06. The lowest BCUT2D eigenvalue weighted by atomic mass is 10.0. The number of aryl methyl sites for hydroxylation is 1. The Bertz CT molecular complexity index is 416. The van der Waals surface area contributed by atoms with Crippen molar-refractivity contribution >= 4 is 21.8 Å². The van der Waals surface area contributed by atoms with Crippen LogP contribution in [0.3, 0.4) is 0 Å². The zero-order valence-corrected chi connectivity index (χ0v) is 11.6. The molecule has 1 aliphatic carbocycles. The van der Waals surface area contributed by atoms with E-state index in [2.05, 4.69) is 26.2 Å². The molecule has 0 atom stereocenters. The predicted molar refractivity (Wildman–Crippen MR) is 71.4 cm³/mol. The summed E-state index contributed by atoms with van der Waals surface area (Å²) in [5.74, 6) is -0.00329. The topological polar surface area (TPSA) is 42.0 Å². The Morgan fingerprint density at radius 3 is 2.94 bits per heavy atom. The van der Waals surface area contributed by atoms with Gasteiger partial charge in [0.1, 0.15) is 0 Å². The van der Waals surface area contributed by atoms with E-state index < -0.39 is 0 Å². The molecule has 92 valence electrons. The number of hydrogen-bond donors (Lipinski definition) is 1. The summed E-state index contributed by atoms with van der Waals surface area (Å²) in [5, 5.41) is 4.04. The first-order valence-electron chi connectivity index (χ1n) is 5.93. The third-order valence-corrected chi connectivity index (χ3v) is 3.85. The normalized spacial score (nSPS) is 16.6. The Balaban J connectivity index is 1.92. The van der Waals surface area contributed by atoms with Crippen molar-refractivity contribution in [3.8, 4) is 0 Å². The van der Waals surface area contributed by atoms with Crippen molar-refractivity contribution in [1.82, 2.24) is 10.3 Å². The summed E-state index contributed by atoms with van der Waals surface area (Å²) in [6.07, 6.45) is 5.30. The van der Waals surface area contributed by atoms with Gasteiger partial charge < -0.3 is 5.32 Å². The molecule has 1 N–H and O–H groups in total. The van der Waals surface area contributed by atoms with Crippen LogP contribution in [0.1, 0.15) is 35.3 Å². The molecule has 1 fully saturated rings. The molecule has 1 aliphatic rings. The quantitative estimate of drug-likeness (QED) is 0.849. The molecule has 1 amide bonds. The van der Waals surface area contributed by atoms with Crippen molar-refractivity contribution < 1.29 is 4.79 Å². The summed E-state index contributed by atoms with van der Waals surface area (Å²) < 4.78 is 0. The van der Waals surface area contributed by atoms with E-state index in [9.17, 15) is 4.79 Å². The van der Waals surface area contributed by atoms with E-state index in [4.69, 9.17) is 0 Å². The van der Waals surface area contributed by atoms with Gasteiger partial charge in [-0.15, -0.1) is 0 Å². The number of hydrogen-bond acceptors (Lipinski definition) is 2. The van der Waals surface area contributed by atoms with Crippen LogP contribution in [-0.2, 0) is 0 Å². The Kier molecular flexibility index (Phi) is 3.82. The number of halogens is 1. The minimum Gasteiger partial charge on any atom is -0.351 e. The zero-order chi connectivity index (χ0) is 12.3. The Labute approximate surface area is 110 Å². The molecule has 0 spiro atoms. The maximum absolute atomic E-state index is 12.0. The van der Waals surface area contributed by atoms with Crippen LogP contribution in [0.4, 0.5) is 0 Å².